The number of hydrogen-bond acceptors (Lipinski definition) is 5. The van der Waals surface area contributed by atoms with E-state index in [2.05, 4.69) is 15.1 Å². The van der Waals surface area contributed by atoms with Crippen molar-refractivity contribution in [3.63, 3.8) is 0 Å². The van der Waals surface area contributed by atoms with Crippen LogP contribution in [0.5, 0.6) is 0 Å². The second-order valence-electron chi connectivity index (χ2n) is 5.55. The predicted octanol–water partition coefficient (Wildman–Crippen LogP) is 2.82. The largest absolute Gasteiger partial charge is 0.390 e. The van der Waals surface area contributed by atoms with Gasteiger partial charge in [0, 0.05) is 5.75 Å². The summed E-state index contributed by atoms with van der Waals surface area (Å²) in [6, 6.07) is 6.06. The van der Waals surface area contributed by atoms with Crippen LogP contribution in [0.2, 0.25) is 0 Å². The van der Waals surface area contributed by atoms with Gasteiger partial charge in [0.2, 0.25) is 0 Å². The second kappa shape index (κ2) is 5.66. The van der Waals surface area contributed by atoms with Gasteiger partial charge in [0.15, 0.2) is 5.65 Å². The quantitative estimate of drug-likeness (QED) is 0.592. The van der Waals surface area contributed by atoms with Crippen LogP contribution in [0.15, 0.2) is 41.8 Å². The molecule has 114 valence electrons. The summed E-state index contributed by atoms with van der Waals surface area (Å²) in [7, 11) is 0. The maximum atomic E-state index is 13.0. The summed E-state index contributed by atoms with van der Waals surface area (Å²) in [5.41, 5.74) is 0.600. The van der Waals surface area contributed by atoms with Crippen molar-refractivity contribution in [1.82, 2.24) is 19.7 Å². The first-order valence-corrected chi connectivity index (χ1v) is 7.72. The van der Waals surface area contributed by atoms with Gasteiger partial charge >= 0.3 is 0 Å². The van der Waals surface area contributed by atoms with Gasteiger partial charge in [-0.05, 0) is 38.1 Å². The van der Waals surface area contributed by atoms with Crippen LogP contribution >= 0.6 is 11.8 Å². The van der Waals surface area contributed by atoms with E-state index in [1.165, 1.54) is 30.2 Å². The van der Waals surface area contributed by atoms with E-state index in [0.29, 0.717) is 11.4 Å². The smallest absolute Gasteiger partial charge is 0.167 e. The van der Waals surface area contributed by atoms with Crippen LogP contribution < -0.4 is 0 Å². The molecule has 1 aromatic carbocycles. The van der Waals surface area contributed by atoms with Crippen LogP contribution in [0.25, 0.3) is 16.7 Å². The molecule has 5 nitrogen and oxygen atoms in total. The number of aromatic nitrogens is 4. The Morgan fingerprint density at radius 2 is 1.95 bits per heavy atom. The molecule has 2 heterocycles. The lowest BCUT2D eigenvalue weighted by Crippen LogP contribution is -2.21. The monoisotopic (exact) mass is 318 g/mol. The minimum absolute atomic E-state index is 0.295. The van der Waals surface area contributed by atoms with E-state index >= 15 is 0 Å². The number of benzene rings is 1. The first kappa shape index (κ1) is 14.9. The van der Waals surface area contributed by atoms with E-state index in [1.54, 1.807) is 36.9 Å². The fourth-order valence-corrected chi connectivity index (χ4v) is 2.86. The highest BCUT2D eigenvalue weighted by molar-refractivity contribution is 7.99. The van der Waals surface area contributed by atoms with Crippen molar-refractivity contribution in [3.05, 3.63) is 42.6 Å². The highest BCUT2D eigenvalue weighted by atomic mass is 32.2. The Bertz CT molecular complexity index is 795. The second-order valence-corrected chi connectivity index (χ2v) is 6.51. The average molecular weight is 318 g/mol. The van der Waals surface area contributed by atoms with E-state index in [4.69, 9.17) is 0 Å². The minimum atomic E-state index is -0.783. The maximum absolute atomic E-state index is 13.0. The Labute approximate surface area is 131 Å². The molecule has 22 heavy (non-hydrogen) atoms. The van der Waals surface area contributed by atoms with E-state index in [0.717, 1.165) is 16.1 Å². The summed E-state index contributed by atoms with van der Waals surface area (Å²) in [5.74, 6) is 0.220. The third-order valence-electron chi connectivity index (χ3n) is 2.96. The number of hydrogen-bond donors (Lipinski definition) is 1. The fraction of sp³-hybridized carbons (Fsp3) is 0.267. The van der Waals surface area contributed by atoms with Crippen LogP contribution in [0.1, 0.15) is 13.8 Å². The molecule has 2 aromatic heterocycles. The lowest BCUT2D eigenvalue weighted by Gasteiger charge is -2.15. The molecule has 1 N–H and O–H groups in total. The van der Waals surface area contributed by atoms with Crippen LogP contribution in [-0.4, -0.2) is 36.2 Å². The Morgan fingerprint density at radius 3 is 2.64 bits per heavy atom. The molecule has 3 rings (SSSR count). The summed E-state index contributed by atoms with van der Waals surface area (Å²) >= 11 is 1.45. The lowest BCUT2D eigenvalue weighted by atomic mass is 10.2. The van der Waals surface area contributed by atoms with Crippen LogP contribution in [0.4, 0.5) is 4.39 Å². The van der Waals surface area contributed by atoms with Crippen molar-refractivity contribution < 1.29 is 9.50 Å². The SMILES string of the molecule is CC(C)(O)CSc1ncnc2c1cnn2-c1ccc(F)cc1. The molecule has 0 unspecified atom stereocenters. The molecule has 3 aromatic rings. The van der Waals surface area contributed by atoms with Crippen molar-refractivity contribution >= 4 is 22.8 Å². The topological polar surface area (TPSA) is 63.8 Å². The number of halogens is 1. The Morgan fingerprint density at radius 1 is 1.23 bits per heavy atom. The fourth-order valence-electron chi connectivity index (χ4n) is 1.95. The molecule has 0 aliphatic heterocycles. The molecule has 0 bridgehead atoms. The van der Waals surface area contributed by atoms with Gasteiger partial charge in [-0.1, -0.05) is 0 Å². The number of thioether (sulfide) groups is 1. The van der Waals surface area contributed by atoms with E-state index in [9.17, 15) is 9.50 Å². The molecule has 0 aliphatic carbocycles. The Kier molecular flexibility index (Phi) is 3.84. The molecule has 7 heteroatoms. The Hall–Kier alpha value is -1.99. The lowest BCUT2D eigenvalue weighted by molar-refractivity contribution is 0.107. The van der Waals surface area contributed by atoms with Gasteiger partial charge in [-0.15, -0.1) is 11.8 Å². The third kappa shape index (κ3) is 3.10. The molecule has 0 aliphatic rings. The van der Waals surface area contributed by atoms with Crippen LogP contribution in [0.3, 0.4) is 0 Å². The summed E-state index contributed by atoms with van der Waals surface area (Å²) in [4.78, 5) is 8.52. The zero-order valence-electron chi connectivity index (χ0n) is 12.2. The summed E-state index contributed by atoms with van der Waals surface area (Å²) in [6.07, 6.45) is 3.15. The maximum Gasteiger partial charge on any atom is 0.167 e. The van der Waals surface area contributed by atoms with Gasteiger partial charge in [0.25, 0.3) is 0 Å². The van der Waals surface area contributed by atoms with E-state index in [-0.39, 0.29) is 5.82 Å². The number of fused-ring (bicyclic) bond motifs is 1. The molecule has 0 fully saturated rings. The van der Waals surface area contributed by atoms with E-state index < -0.39 is 5.60 Å². The normalized spacial score (nSPS) is 12.0. The summed E-state index contributed by atoms with van der Waals surface area (Å²) < 4.78 is 14.7. The summed E-state index contributed by atoms with van der Waals surface area (Å²) in [6.45, 7) is 3.50. The number of aliphatic hydroxyl groups is 1. The predicted molar refractivity (Wildman–Crippen MR) is 83.6 cm³/mol. The van der Waals surface area contributed by atoms with Crippen molar-refractivity contribution in [2.45, 2.75) is 24.5 Å². The van der Waals surface area contributed by atoms with Crippen molar-refractivity contribution in [2.24, 2.45) is 0 Å². The molecular weight excluding hydrogens is 303 g/mol. The molecule has 0 radical (unpaired) electrons. The average Bonchev–Trinajstić information content (AvgIpc) is 2.89. The van der Waals surface area contributed by atoms with Gasteiger partial charge < -0.3 is 5.11 Å². The van der Waals surface area contributed by atoms with Crippen molar-refractivity contribution in [1.29, 1.82) is 0 Å². The standard InChI is InChI=1S/C15H15FN4OS/c1-15(2,21)8-22-14-12-7-19-20(13(12)17-9-18-14)11-5-3-10(16)4-6-11/h3-7,9,21H,8H2,1-2H3. The number of rotatable bonds is 4. The molecule has 0 saturated carbocycles. The summed E-state index contributed by atoms with van der Waals surface area (Å²) in [5, 5.41) is 15.7. The van der Waals surface area contributed by atoms with Gasteiger partial charge in [-0.2, -0.15) is 5.10 Å². The van der Waals surface area contributed by atoms with E-state index in [1.807, 2.05) is 0 Å². The Balaban J connectivity index is 2.00. The van der Waals surface area contributed by atoms with Gasteiger partial charge in [0.1, 0.15) is 17.2 Å². The van der Waals surface area contributed by atoms with Gasteiger partial charge in [-0.25, -0.2) is 19.0 Å². The molecular formula is C15H15FN4OS. The van der Waals surface area contributed by atoms with Crippen molar-refractivity contribution in [2.75, 3.05) is 5.75 Å². The highest BCUT2D eigenvalue weighted by Crippen LogP contribution is 2.27. The molecule has 0 atom stereocenters. The first-order chi connectivity index (χ1) is 10.4. The zero-order chi connectivity index (χ0) is 15.7. The van der Waals surface area contributed by atoms with Crippen LogP contribution in [-0.2, 0) is 0 Å². The van der Waals surface area contributed by atoms with Gasteiger partial charge in [0.05, 0.1) is 22.9 Å². The number of nitrogens with zero attached hydrogens (tertiary/aromatic N) is 4. The van der Waals surface area contributed by atoms with Gasteiger partial charge in [-0.3, -0.25) is 0 Å². The highest BCUT2D eigenvalue weighted by Gasteiger charge is 2.16. The molecule has 0 saturated heterocycles. The molecule has 0 spiro atoms. The third-order valence-corrected chi connectivity index (χ3v) is 4.41. The van der Waals surface area contributed by atoms with Crippen LogP contribution in [0, 0.1) is 5.82 Å². The van der Waals surface area contributed by atoms with Crippen molar-refractivity contribution in [3.8, 4) is 5.69 Å². The minimum Gasteiger partial charge on any atom is -0.390 e. The zero-order valence-corrected chi connectivity index (χ0v) is 13.0. The molecule has 0 amide bonds. The first-order valence-electron chi connectivity index (χ1n) is 6.74.